The lowest BCUT2D eigenvalue weighted by molar-refractivity contribution is 1.08. The molecule has 0 bridgehead atoms. The summed E-state index contributed by atoms with van der Waals surface area (Å²) in [4.78, 5) is 0. The number of rotatable bonds is 2. The zero-order valence-electron chi connectivity index (χ0n) is 17.0. The quantitative estimate of drug-likeness (QED) is 0.209. The monoisotopic (exact) mass is 392 g/mol. The van der Waals surface area contributed by atoms with Gasteiger partial charge in [-0.3, -0.25) is 0 Å². The molecule has 0 nitrogen and oxygen atoms in total. The van der Waals surface area contributed by atoms with Crippen molar-refractivity contribution in [1.29, 1.82) is 0 Å². The second-order valence-corrected chi connectivity index (χ2v) is 7.99. The van der Waals surface area contributed by atoms with E-state index in [9.17, 15) is 0 Å². The molecule has 1 unspecified atom stereocenters. The van der Waals surface area contributed by atoms with Crippen molar-refractivity contribution in [1.82, 2.24) is 0 Å². The van der Waals surface area contributed by atoms with Gasteiger partial charge in [0, 0.05) is 5.56 Å². The number of hydrogen-bond donors (Lipinski definition) is 0. The van der Waals surface area contributed by atoms with E-state index in [1.807, 2.05) is 18.2 Å². The standard InChI is InChI=1S/C31H20/c1-3-8-22(9-4-1)14-19-27(23-10-5-2-6-11-23)28-20-17-26-16-15-24-12-7-13-25-18-21-29(28)31(26)30(24)25/h1-13,15-18,20-21,27H. The van der Waals surface area contributed by atoms with E-state index in [2.05, 4.69) is 109 Å². The first-order valence-electron chi connectivity index (χ1n) is 10.7. The van der Waals surface area contributed by atoms with E-state index >= 15 is 0 Å². The number of hydrogen-bond acceptors (Lipinski definition) is 0. The summed E-state index contributed by atoms with van der Waals surface area (Å²) < 4.78 is 0. The molecule has 0 heterocycles. The zero-order chi connectivity index (χ0) is 20.6. The molecule has 0 heteroatoms. The second kappa shape index (κ2) is 7.31. The summed E-state index contributed by atoms with van der Waals surface area (Å²) in [7, 11) is 0. The molecule has 0 saturated heterocycles. The summed E-state index contributed by atoms with van der Waals surface area (Å²) in [6.07, 6.45) is 0. The van der Waals surface area contributed by atoms with Crippen LogP contribution in [0.3, 0.4) is 0 Å². The van der Waals surface area contributed by atoms with Gasteiger partial charge in [-0.15, -0.1) is 0 Å². The van der Waals surface area contributed by atoms with E-state index in [-0.39, 0.29) is 5.92 Å². The van der Waals surface area contributed by atoms with Crippen molar-refractivity contribution < 1.29 is 0 Å². The summed E-state index contributed by atoms with van der Waals surface area (Å²) in [6, 6.07) is 40.9. The van der Waals surface area contributed by atoms with Crippen LogP contribution in [0.2, 0.25) is 0 Å². The Balaban J connectivity index is 1.64. The van der Waals surface area contributed by atoms with Crippen LogP contribution in [0, 0.1) is 11.8 Å². The molecule has 0 radical (unpaired) electrons. The molecule has 6 aromatic rings. The molecule has 6 rings (SSSR count). The van der Waals surface area contributed by atoms with Crippen LogP contribution in [-0.4, -0.2) is 0 Å². The van der Waals surface area contributed by atoms with Crippen molar-refractivity contribution in [2.45, 2.75) is 5.92 Å². The fourth-order valence-corrected chi connectivity index (χ4v) is 4.67. The second-order valence-electron chi connectivity index (χ2n) is 7.99. The highest BCUT2D eigenvalue weighted by Crippen LogP contribution is 2.39. The van der Waals surface area contributed by atoms with Gasteiger partial charge in [-0.25, -0.2) is 0 Å². The van der Waals surface area contributed by atoms with Gasteiger partial charge >= 0.3 is 0 Å². The van der Waals surface area contributed by atoms with Crippen molar-refractivity contribution in [3.63, 3.8) is 0 Å². The molecule has 0 fully saturated rings. The topological polar surface area (TPSA) is 0 Å². The van der Waals surface area contributed by atoms with Crippen LogP contribution in [0.4, 0.5) is 0 Å². The predicted molar refractivity (Wildman–Crippen MR) is 132 cm³/mol. The van der Waals surface area contributed by atoms with Crippen molar-refractivity contribution in [3.8, 4) is 11.8 Å². The zero-order valence-corrected chi connectivity index (χ0v) is 17.0. The molecule has 0 saturated carbocycles. The fraction of sp³-hybridized carbons (Fsp3) is 0.0323. The van der Waals surface area contributed by atoms with Crippen LogP contribution in [0.5, 0.6) is 0 Å². The van der Waals surface area contributed by atoms with Crippen LogP contribution in [0.15, 0.2) is 115 Å². The highest BCUT2D eigenvalue weighted by Gasteiger charge is 2.17. The van der Waals surface area contributed by atoms with E-state index < -0.39 is 0 Å². The first-order chi connectivity index (χ1) is 15.4. The van der Waals surface area contributed by atoms with Gasteiger partial charge in [0.1, 0.15) is 0 Å². The maximum Gasteiger partial charge on any atom is 0.0711 e. The minimum atomic E-state index is 0.00553. The van der Waals surface area contributed by atoms with E-state index in [0.29, 0.717) is 0 Å². The van der Waals surface area contributed by atoms with E-state index in [4.69, 9.17) is 0 Å². The average molecular weight is 393 g/mol. The van der Waals surface area contributed by atoms with Crippen molar-refractivity contribution >= 4 is 32.3 Å². The Morgan fingerprint density at radius 3 is 1.84 bits per heavy atom. The third-order valence-electron chi connectivity index (χ3n) is 6.14. The Labute approximate surface area is 182 Å². The molecule has 144 valence electrons. The third-order valence-corrected chi connectivity index (χ3v) is 6.14. The smallest absolute Gasteiger partial charge is 0.0711 e. The van der Waals surface area contributed by atoms with E-state index in [1.54, 1.807) is 0 Å². The summed E-state index contributed by atoms with van der Waals surface area (Å²) in [5.41, 5.74) is 3.53. The molecule has 0 aliphatic heterocycles. The lowest BCUT2D eigenvalue weighted by atomic mass is 9.85. The molecular weight excluding hydrogens is 372 g/mol. The lowest BCUT2D eigenvalue weighted by Crippen LogP contribution is -2.00. The van der Waals surface area contributed by atoms with Crippen molar-refractivity contribution in [3.05, 3.63) is 132 Å². The normalized spacial score (nSPS) is 12.1. The van der Waals surface area contributed by atoms with Crippen LogP contribution in [-0.2, 0) is 0 Å². The van der Waals surface area contributed by atoms with Crippen LogP contribution >= 0.6 is 0 Å². The largest absolute Gasteiger partial charge is 0.0848 e. The summed E-state index contributed by atoms with van der Waals surface area (Å²) in [5, 5.41) is 7.85. The maximum atomic E-state index is 3.59. The Hall–Kier alpha value is -4.08. The first-order valence-corrected chi connectivity index (χ1v) is 10.7. The molecular formula is C31H20. The van der Waals surface area contributed by atoms with Gasteiger partial charge in [-0.1, -0.05) is 115 Å². The molecule has 0 spiro atoms. The molecule has 0 aliphatic carbocycles. The Kier molecular flexibility index (Phi) is 4.19. The molecule has 0 aromatic heterocycles. The molecule has 0 amide bonds. The first kappa shape index (κ1) is 17.8. The minimum Gasteiger partial charge on any atom is -0.0848 e. The Morgan fingerprint density at radius 2 is 1.10 bits per heavy atom. The Morgan fingerprint density at radius 1 is 0.484 bits per heavy atom. The van der Waals surface area contributed by atoms with Crippen molar-refractivity contribution in [2.75, 3.05) is 0 Å². The fourth-order valence-electron chi connectivity index (χ4n) is 4.67. The van der Waals surface area contributed by atoms with Gasteiger partial charge in [-0.05, 0) is 55.6 Å². The molecule has 0 aliphatic rings. The molecule has 1 atom stereocenters. The molecule has 31 heavy (non-hydrogen) atoms. The van der Waals surface area contributed by atoms with Gasteiger partial charge < -0.3 is 0 Å². The van der Waals surface area contributed by atoms with Gasteiger partial charge in [0.15, 0.2) is 0 Å². The van der Waals surface area contributed by atoms with E-state index in [1.165, 1.54) is 43.4 Å². The summed E-state index contributed by atoms with van der Waals surface area (Å²) in [6.45, 7) is 0. The van der Waals surface area contributed by atoms with Gasteiger partial charge in [0.2, 0.25) is 0 Å². The maximum absolute atomic E-state index is 3.59. The average Bonchev–Trinajstić information content (AvgIpc) is 2.84. The summed E-state index contributed by atoms with van der Waals surface area (Å²) in [5.74, 6) is 7.02. The van der Waals surface area contributed by atoms with Crippen LogP contribution < -0.4 is 0 Å². The number of benzene rings is 6. The van der Waals surface area contributed by atoms with Crippen LogP contribution in [0.25, 0.3) is 32.3 Å². The highest BCUT2D eigenvalue weighted by molar-refractivity contribution is 6.23. The molecule has 0 N–H and O–H groups in total. The van der Waals surface area contributed by atoms with Gasteiger partial charge in [0.05, 0.1) is 5.92 Å². The molecule has 6 aromatic carbocycles. The van der Waals surface area contributed by atoms with Crippen LogP contribution in [0.1, 0.15) is 22.6 Å². The minimum absolute atomic E-state index is 0.00553. The van der Waals surface area contributed by atoms with Crippen molar-refractivity contribution in [2.24, 2.45) is 0 Å². The summed E-state index contributed by atoms with van der Waals surface area (Å²) >= 11 is 0. The lowest BCUT2D eigenvalue weighted by Gasteiger charge is -2.18. The third kappa shape index (κ3) is 3.03. The Bertz CT molecular complexity index is 1550. The highest BCUT2D eigenvalue weighted by atomic mass is 14.2. The predicted octanol–water partition coefficient (Wildman–Crippen LogP) is 7.77. The van der Waals surface area contributed by atoms with E-state index in [0.717, 1.165) is 5.56 Å². The SMILES string of the molecule is C(#CC(c1ccccc1)c1ccc2ccc3cccc4ccc1c2c34)c1ccccc1. The van der Waals surface area contributed by atoms with Gasteiger partial charge in [0.25, 0.3) is 0 Å². The van der Waals surface area contributed by atoms with Gasteiger partial charge in [-0.2, -0.15) is 0 Å².